The molecule has 0 N–H and O–H groups in total. The summed E-state index contributed by atoms with van der Waals surface area (Å²) in [5.74, 6) is 0.738. The van der Waals surface area contributed by atoms with Crippen LogP contribution in [0.4, 0.5) is 5.82 Å². The van der Waals surface area contributed by atoms with Gasteiger partial charge in [-0.05, 0) is 50.6 Å². The molecule has 0 amide bonds. The van der Waals surface area contributed by atoms with Gasteiger partial charge >= 0.3 is 0 Å². The van der Waals surface area contributed by atoms with Crippen LogP contribution in [0.1, 0.15) is 19.4 Å². The number of aryl methyl sites for hydroxylation is 1. The molecular weight excluding hydrogens is 268 g/mol. The maximum Gasteiger partial charge on any atom is 0.155 e. The fraction of sp³-hybridized carbons (Fsp3) is 0.176. The molecule has 2 aromatic rings. The highest BCUT2D eigenvalue weighted by atomic mass is 35.5. The zero-order valence-corrected chi connectivity index (χ0v) is 12.6. The molecule has 0 aliphatic carbocycles. The molecule has 0 aliphatic rings. The standard InChI is InChI=1S/C17H17ClN2/c1-4-7-15(18)11-13(3)19-17-12(2)10-14-8-5-6-9-16(14)20-17/h4-11H,1-3H3/b7-4-,15-11+,19-13?. The van der Waals surface area contributed by atoms with Crippen molar-refractivity contribution in [1.82, 2.24) is 4.98 Å². The lowest BCUT2D eigenvalue weighted by Crippen LogP contribution is -1.89. The van der Waals surface area contributed by atoms with E-state index in [1.54, 1.807) is 0 Å². The normalized spacial score (nSPS) is 13.4. The molecule has 0 radical (unpaired) electrons. The quantitative estimate of drug-likeness (QED) is 0.552. The van der Waals surface area contributed by atoms with Gasteiger partial charge in [-0.15, -0.1) is 0 Å². The smallest absolute Gasteiger partial charge is 0.155 e. The van der Waals surface area contributed by atoms with Crippen molar-refractivity contribution < 1.29 is 0 Å². The van der Waals surface area contributed by atoms with E-state index in [4.69, 9.17) is 11.6 Å². The summed E-state index contributed by atoms with van der Waals surface area (Å²) >= 11 is 6.05. The van der Waals surface area contributed by atoms with Crippen molar-refractivity contribution in [3.63, 3.8) is 0 Å². The van der Waals surface area contributed by atoms with Gasteiger partial charge in [-0.3, -0.25) is 0 Å². The van der Waals surface area contributed by atoms with Gasteiger partial charge < -0.3 is 0 Å². The van der Waals surface area contributed by atoms with E-state index in [0.717, 1.165) is 28.0 Å². The Bertz CT molecular complexity index is 712. The second-order valence-electron chi connectivity index (χ2n) is 4.60. The van der Waals surface area contributed by atoms with Crippen LogP contribution in [0, 0.1) is 6.92 Å². The van der Waals surface area contributed by atoms with Gasteiger partial charge in [0.05, 0.1) is 5.52 Å². The van der Waals surface area contributed by atoms with E-state index in [0.29, 0.717) is 5.03 Å². The number of para-hydroxylation sites is 1. The maximum atomic E-state index is 6.05. The first-order valence-electron chi connectivity index (χ1n) is 6.51. The maximum absolute atomic E-state index is 6.05. The van der Waals surface area contributed by atoms with Gasteiger partial charge in [0.15, 0.2) is 5.82 Å². The molecular formula is C17H17ClN2. The van der Waals surface area contributed by atoms with Gasteiger partial charge in [-0.1, -0.05) is 35.9 Å². The second-order valence-corrected chi connectivity index (χ2v) is 5.04. The first-order chi connectivity index (χ1) is 9.60. The molecule has 0 unspecified atom stereocenters. The Morgan fingerprint density at radius 3 is 2.80 bits per heavy atom. The molecule has 1 heterocycles. The minimum atomic E-state index is 0.659. The molecule has 1 aromatic heterocycles. The van der Waals surface area contributed by atoms with Crippen molar-refractivity contribution in [2.24, 2.45) is 4.99 Å². The zero-order valence-electron chi connectivity index (χ0n) is 11.9. The van der Waals surface area contributed by atoms with Crippen molar-refractivity contribution in [3.8, 4) is 0 Å². The number of hydrogen-bond donors (Lipinski definition) is 0. The largest absolute Gasteiger partial charge is 0.234 e. The van der Waals surface area contributed by atoms with Crippen molar-refractivity contribution in [2.45, 2.75) is 20.8 Å². The second kappa shape index (κ2) is 6.49. The number of nitrogens with zero attached hydrogens (tertiary/aromatic N) is 2. The van der Waals surface area contributed by atoms with E-state index in [-0.39, 0.29) is 0 Å². The number of hydrogen-bond acceptors (Lipinski definition) is 2. The first-order valence-corrected chi connectivity index (χ1v) is 6.89. The van der Waals surface area contributed by atoms with Crippen molar-refractivity contribution in [2.75, 3.05) is 0 Å². The third-order valence-electron chi connectivity index (χ3n) is 2.84. The molecule has 0 fully saturated rings. The Morgan fingerprint density at radius 1 is 1.30 bits per heavy atom. The van der Waals surface area contributed by atoms with Crippen LogP contribution >= 0.6 is 11.6 Å². The summed E-state index contributed by atoms with van der Waals surface area (Å²) in [4.78, 5) is 9.13. The highest BCUT2D eigenvalue weighted by Crippen LogP contribution is 2.22. The summed E-state index contributed by atoms with van der Waals surface area (Å²) in [5, 5.41) is 1.79. The predicted octanol–water partition coefficient (Wildman–Crippen LogP) is 5.33. The van der Waals surface area contributed by atoms with E-state index in [1.165, 1.54) is 0 Å². The average molecular weight is 285 g/mol. The summed E-state index contributed by atoms with van der Waals surface area (Å²) < 4.78 is 0. The van der Waals surface area contributed by atoms with Crippen LogP contribution < -0.4 is 0 Å². The third-order valence-corrected chi connectivity index (χ3v) is 3.08. The van der Waals surface area contributed by atoms with Gasteiger partial charge in [0.2, 0.25) is 0 Å². The first kappa shape index (κ1) is 14.5. The molecule has 0 saturated carbocycles. The monoisotopic (exact) mass is 284 g/mol. The van der Waals surface area contributed by atoms with Crippen LogP contribution in [0.2, 0.25) is 0 Å². The summed E-state index contributed by atoms with van der Waals surface area (Å²) in [7, 11) is 0. The number of aromatic nitrogens is 1. The van der Waals surface area contributed by atoms with Crippen LogP contribution in [0.5, 0.6) is 0 Å². The van der Waals surface area contributed by atoms with Crippen LogP contribution in [-0.2, 0) is 0 Å². The van der Waals surface area contributed by atoms with E-state index >= 15 is 0 Å². The number of pyridine rings is 1. The van der Waals surface area contributed by atoms with E-state index in [2.05, 4.69) is 22.1 Å². The zero-order chi connectivity index (χ0) is 14.5. The molecule has 0 aliphatic heterocycles. The molecule has 0 atom stereocenters. The minimum absolute atomic E-state index is 0.659. The molecule has 2 rings (SSSR count). The molecule has 0 saturated heterocycles. The van der Waals surface area contributed by atoms with E-state index in [1.807, 2.05) is 57.2 Å². The van der Waals surface area contributed by atoms with Crippen LogP contribution in [-0.4, -0.2) is 10.7 Å². The van der Waals surface area contributed by atoms with Crippen molar-refractivity contribution in [1.29, 1.82) is 0 Å². The number of rotatable bonds is 3. The molecule has 2 nitrogen and oxygen atoms in total. The lowest BCUT2D eigenvalue weighted by atomic mass is 10.1. The Hall–Kier alpha value is -1.93. The Kier molecular flexibility index (Phi) is 4.70. The predicted molar refractivity (Wildman–Crippen MR) is 88.0 cm³/mol. The lowest BCUT2D eigenvalue weighted by Gasteiger charge is -2.03. The molecule has 1 aromatic carbocycles. The van der Waals surface area contributed by atoms with Crippen LogP contribution in [0.25, 0.3) is 10.9 Å². The molecule has 20 heavy (non-hydrogen) atoms. The Labute approximate surface area is 124 Å². The number of aliphatic imine (C=N–C) groups is 1. The SMILES string of the molecule is C/C=C\C(Cl)=C/C(C)=Nc1nc2ccccc2cc1C. The summed E-state index contributed by atoms with van der Waals surface area (Å²) in [6.45, 7) is 5.86. The number of halogens is 1. The summed E-state index contributed by atoms with van der Waals surface area (Å²) in [6.07, 6.45) is 5.56. The van der Waals surface area contributed by atoms with E-state index < -0.39 is 0 Å². The van der Waals surface area contributed by atoms with Gasteiger partial charge in [-0.2, -0.15) is 0 Å². The van der Waals surface area contributed by atoms with Gasteiger partial charge in [0, 0.05) is 16.1 Å². The highest BCUT2D eigenvalue weighted by molar-refractivity contribution is 6.32. The topological polar surface area (TPSA) is 25.2 Å². The Balaban J connectivity index is 2.42. The summed E-state index contributed by atoms with van der Waals surface area (Å²) in [6, 6.07) is 10.1. The lowest BCUT2D eigenvalue weighted by molar-refractivity contribution is 1.27. The van der Waals surface area contributed by atoms with Crippen molar-refractivity contribution >= 4 is 34.0 Å². The van der Waals surface area contributed by atoms with Crippen molar-refractivity contribution in [3.05, 3.63) is 59.2 Å². The third kappa shape index (κ3) is 3.55. The fourth-order valence-corrected chi connectivity index (χ4v) is 2.21. The summed E-state index contributed by atoms with van der Waals surface area (Å²) in [5.41, 5.74) is 2.84. The number of fused-ring (bicyclic) bond motifs is 1. The van der Waals surface area contributed by atoms with Crippen LogP contribution in [0.3, 0.4) is 0 Å². The van der Waals surface area contributed by atoms with Crippen LogP contribution in [0.15, 0.2) is 58.6 Å². The number of benzene rings is 1. The molecule has 0 spiro atoms. The fourth-order valence-electron chi connectivity index (χ4n) is 1.93. The Morgan fingerprint density at radius 2 is 2.05 bits per heavy atom. The molecule has 102 valence electrons. The van der Waals surface area contributed by atoms with E-state index in [9.17, 15) is 0 Å². The number of allylic oxidation sites excluding steroid dienone is 4. The minimum Gasteiger partial charge on any atom is -0.234 e. The van der Waals surface area contributed by atoms with Gasteiger partial charge in [-0.25, -0.2) is 9.98 Å². The molecule has 0 bridgehead atoms. The van der Waals surface area contributed by atoms with Gasteiger partial charge in [0.1, 0.15) is 0 Å². The molecule has 3 heteroatoms. The van der Waals surface area contributed by atoms with Gasteiger partial charge in [0.25, 0.3) is 0 Å². The highest BCUT2D eigenvalue weighted by Gasteiger charge is 2.02. The average Bonchev–Trinajstić information content (AvgIpc) is 2.39.